The minimum Gasteiger partial charge on any atom is -0.478 e. The Bertz CT molecular complexity index is 1190. The normalized spacial score (nSPS) is 11.2. The van der Waals surface area contributed by atoms with Crippen molar-refractivity contribution in [3.05, 3.63) is 71.5 Å². The molecule has 9 heteroatoms. The Morgan fingerprint density at radius 2 is 1.76 bits per heavy atom. The Hall–Kier alpha value is -3.98. The Kier molecular flexibility index (Phi) is 4.80. The van der Waals surface area contributed by atoms with Crippen LogP contribution in [0.5, 0.6) is 0 Å². The minimum atomic E-state index is -1.22. The molecule has 0 amide bonds. The van der Waals surface area contributed by atoms with Gasteiger partial charge in [0.05, 0.1) is 27.6 Å². The van der Waals surface area contributed by atoms with E-state index >= 15 is 0 Å². The van der Waals surface area contributed by atoms with Crippen molar-refractivity contribution in [1.29, 1.82) is 0 Å². The number of carboxylic acid groups (broad SMARTS) is 2. The highest BCUT2D eigenvalue weighted by Crippen LogP contribution is 2.26. The van der Waals surface area contributed by atoms with Crippen LogP contribution in [0.25, 0.3) is 21.5 Å². The fourth-order valence-corrected chi connectivity index (χ4v) is 3.48. The summed E-state index contributed by atoms with van der Waals surface area (Å²) in [5.41, 5.74) is 3.80. The third-order valence-corrected chi connectivity index (χ3v) is 4.93. The van der Waals surface area contributed by atoms with Crippen LogP contribution in [-0.2, 0) is 0 Å². The van der Waals surface area contributed by atoms with Gasteiger partial charge in [-0.25, -0.2) is 14.6 Å². The molecule has 0 unspecified atom stereocenters. The molecule has 4 rings (SSSR count). The topological polar surface area (TPSA) is 125 Å². The number of thiazole rings is 1. The number of furan rings is 1. The standard InChI is InChI=1S/C20H13N3O5S/c24-18(25)12-7-11(8-13(9-12)19(26)27)16-6-5-14(28-16)10-21-23-20-22-15-3-1-2-4-17(15)29-20/h1-10H,(H,22,23)(H,24,25)(H,26,27)/b21-10-. The van der Waals surface area contributed by atoms with Crippen LogP contribution in [0.15, 0.2) is 64.1 Å². The molecule has 0 aliphatic heterocycles. The molecule has 0 fully saturated rings. The molecule has 29 heavy (non-hydrogen) atoms. The molecular weight excluding hydrogens is 394 g/mol. The van der Waals surface area contributed by atoms with Gasteiger partial charge in [0.15, 0.2) is 0 Å². The lowest BCUT2D eigenvalue weighted by Gasteiger charge is -2.03. The first-order chi connectivity index (χ1) is 14.0. The molecule has 0 bridgehead atoms. The number of para-hydroxylation sites is 1. The third kappa shape index (κ3) is 3.99. The average Bonchev–Trinajstić information content (AvgIpc) is 3.34. The van der Waals surface area contributed by atoms with Gasteiger partial charge in [0.25, 0.3) is 0 Å². The average molecular weight is 407 g/mol. The maximum Gasteiger partial charge on any atom is 0.335 e. The zero-order chi connectivity index (χ0) is 20.4. The van der Waals surface area contributed by atoms with E-state index in [0.717, 1.165) is 16.3 Å². The van der Waals surface area contributed by atoms with Gasteiger partial charge in [-0.05, 0) is 42.5 Å². The van der Waals surface area contributed by atoms with Gasteiger partial charge in [-0.15, -0.1) is 0 Å². The van der Waals surface area contributed by atoms with Gasteiger partial charge < -0.3 is 14.6 Å². The van der Waals surface area contributed by atoms with Crippen molar-refractivity contribution in [1.82, 2.24) is 4.98 Å². The van der Waals surface area contributed by atoms with E-state index in [-0.39, 0.29) is 11.1 Å². The second kappa shape index (κ2) is 7.56. The first kappa shape index (κ1) is 18.4. The summed E-state index contributed by atoms with van der Waals surface area (Å²) >= 11 is 1.47. The van der Waals surface area contributed by atoms with Crippen LogP contribution >= 0.6 is 11.3 Å². The summed E-state index contributed by atoms with van der Waals surface area (Å²) in [6.07, 6.45) is 1.45. The minimum absolute atomic E-state index is 0.135. The molecule has 3 N–H and O–H groups in total. The molecule has 8 nitrogen and oxygen atoms in total. The van der Waals surface area contributed by atoms with Crippen LogP contribution in [0.4, 0.5) is 5.13 Å². The number of fused-ring (bicyclic) bond motifs is 1. The van der Waals surface area contributed by atoms with Crippen LogP contribution in [0.3, 0.4) is 0 Å². The number of rotatable bonds is 6. The van der Waals surface area contributed by atoms with Gasteiger partial charge in [-0.1, -0.05) is 23.5 Å². The zero-order valence-electron chi connectivity index (χ0n) is 14.7. The molecular formula is C20H13N3O5S. The second-order valence-corrected chi connectivity index (χ2v) is 7.00. The number of hydrogen-bond donors (Lipinski definition) is 3. The molecule has 0 aliphatic carbocycles. The van der Waals surface area contributed by atoms with E-state index in [0.29, 0.717) is 22.2 Å². The van der Waals surface area contributed by atoms with Crippen molar-refractivity contribution in [2.45, 2.75) is 0 Å². The number of carboxylic acids is 2. The van der Waals surface area contributed by atoms with Crippen molar-refractivity contribution >= 4 is 44.8 Å². The molecule has 0 atom stereocenters. The molecule has 0 saturated carbocycles. The number of aromatic nitrogens is 1. The number of hydrazone groups is 1. The smallest absolute Gasteiger partial charge is 0.335 e. The van der Waals surface area contributed by atoms with Gasteiger partial charge in [0.2, 0.25) is 5.13 Å². The van der Waals surface area contributed by atoms with E-state index in [1.165, 1.54) is 29.7 Å². The summed E-state index contributed by atoms with van der Waals surface area (Å²) < 4.78 is 6.68. The van der Waals surface area contributed by atoms with Crippen molar-refractivity contribution < 1.29 is 24.2 Å². The number of nitrogens with one attached hydrogen (secondary N) is 1. The second-order valence-electron chi connectivity index (χ2n) is 5.97. The van der Waals surface area contributed by atoms with Crippen LogP contribution < -0.4 is 5.43 Å². The molecule has 4 aromatic rings. The molecule has 2 aromatic heterocycles. The Balaban J connectivity index is 1.54. The third-order valence-electron chi connectivity index (χ3n) is 3.98. The van der Waals surface area contributed by atoms with Gasteiger partial charge >= 0.3 is 11.9 Å². The monoisotopic (exact) mass is 407 g/mol. The maximum absolute atomic E-state index is 11.2. The summed E-state index contributed by atoms with van der Waals surface area (Å²) in [4.78, 5) is 26.9. The molecule has 144 valence electrons. The number of carbonyl (C=O) groups is 2. The van der Waals surface area contributed by atoms with Crippen LogP contribution in [-0.4, -0.2) is 33.4 Å². The quantitative estimate of drug-likeness (QED) is 0.319. The van der Waals surface area contributed by atoms with E-state index in [9.17, 15) is 19.8 Å². The fraction of sp³-hybridized carbons (Fsp3) is 0. The fourth-order valence-electron chi connectivity index (χ4n) is 2.67. The lowest BCUT2D eigenvalue weighted by molar-refractivity contribution is 0.0696. The number of aromatic carboxylic acids is 2. The molecule has 0 aliphatic rings. The number of anilines is 1. The molecule has 2 aromatic carbocycles. The highest BCUT2D eigenvalue weighted by molar-refractivity contribution is 7.22. The predicted molar refractivity (Wildman–Crippen MR) is 109 cm³/mol. The summed E-state index contributed by atoms with van der Waals surface area (Å²) in [5.74, 6) is -1.70. The maximum atomic E-state index is 11.2. The van der Waals surface area contributed by atoms with Gasteiger partial charge in [-0.2, -0.15) is 5.10 Å². The van der Waals surface area contributed by atoms with Crippen LogP contribution in [0.1, 0.15) is 26.5 Å². The Morgan fingerprint density at radius 3 is 2.45 bits per heavy atom. The first-order valence-electron chi connectivity index (χ1n) is 8.36. The Morgan fingerprint density at radius 1 is 1.03 bits per heavy atom. The summed E-state index contributed by atoms with van der Waals surface area (Å²) in [5, 5.41) is 23.1. The number of nitrogens with zero attached hydrogens (tertiary/aromatic N) is 2. The van der Waals surface area contributed by atoms with Crippen LogP contribution in [0.2, 0.25) is 0 Å². The number of hydrogen-bond acceptors (Lipinski definition) is 7. The molecule has 0 spiro atoms. The van der Waals surface area contributed by atoms with Crippen molar-refractivity contribution in [3.8, 4) is 11.3 Å². The van der Waals surface area contributed by atoms with Crippen molar-refractivity contribution in [3.63, 3.8) is 0 Å². The van der Waals surface area contributed by atoms with E-state index in [1.54, 1.807) is 12.1 Å². The lowest BCUT2D eigenvalue weighted by Crippen LogP contribution is -2.02. The summed E-state index contributed by atoms with van der Waals surface area (Å²) in [7, 11) is 0. The summed E-state index contributed by atoms with van der Waals surface area (Å²) in [6.45, 7) is 0. The van der Waals surface area contributed by atoms with E-state index in [1.807, 2.05) is 24.3 Å². The predicted octanol–water partition coefficient (Wildman–Crippen LogP) is 4.40. The van der Waals surface area contributed by atoms with E-state index in [4.69, 9.17) is 4.42 Å². The van der Waals surface area contributed by atoms with Gasteiger partial charge in [0, 0.05) is 5.56 Å². The molecule has 0 radical (unpaired) electrons. The van der Waals surface area contributed by atoms with E-state index in [2.05, 4.69) is 15.5 Å². The van der Waals surface area contributed by atoms with Crippen molar-refractivity contribution in [2.24, 2.45) is 5.10 Å². The molecule has 0 saturated heterocycles. The highest BCUT2D eigenvalue weighted by Gasteiger charge is 2.14. The SMILES string of the molecule is O=C(O)c1cc(C(=O)O)cc(-c2ccc(/C=N\Nc3nc4ccccc4s3)o2)c1. The van der Waals surface area contributed by atoms with Gasteiger partial charge in [0.1, 0.15) is 11.5 Å². The Labute approximate surface area is 167 Å². The van der Waals surface area contributed by atoms with Gasteiger partial charge in [-0.3, -0.25) is 5.43 Å². The van der Waals surface area contributed by atoms with Crippen LogP contribution in [0, 0.1) is 0 Å². The molecule has 2 heterocycles. The first-order valence-corrected chi connectivity index (χ1v) is 9.18. The zero-order valence-corrected chi connectivity index (χ0v) is 15.5. The lowest BCUT2D eigenvalue weighted by atomic mass is 10.0. The van der Waals surface area contributed by atoms with E-state index < -0.39 is 11.9 Å². The summed E-state index contributed by atoms with van der Waals surface area (Å²) in [6, 6.07) is 14.8. The van der Waals surface area contributed by atoms with Crippen molar-refractivity contribution in [2.75, 3.05) is 5.43 Å². The number of benzene rings is 2. The largest absolute Gasteiger partial charge is 0.478 e. The highest BCUT2D eigenvalue weighted by atomic mass is 32.1.